The summed E-state index contributed by atoms with van der Waals surface area (Å²) in [6.45, 7) is 13.7. The van der Waals surface area contributed by atoms with E-state index >= 15 is 0 Å². The molecule has 0 saturated carbocycles. The van der Waals surface area contributed by atoms with E-state index in [0.29, 0.717) is 0 Å². The van der Waals surface area contributed by atoms with Crippen molar-refractivity contribution in [2.75, 3.05) is 0 Å². The van der Waals surface area contributed by atoms with Crippen LogP contribution >= 0.6 is 22.7 Å². The Morgan fingerprint density at radius 3 is 1.32 bits per heavy atom. The van der Waals surface area contributed by atoms with Crippen LogP contribution < -0.4 is 0 Å². The summed E-state index contributed by atoms with van der Waals surface area (Å²) in [6, 6.07) is 4.32. The van der Waals surface area contributed by atoms with E-state index in [1.807, 2.05) is 0 Å². The first-order valence-corrected chi connectivity index (χ1v) is 16.2. The highest BCUT2D eigenvalue weighted by molar-refractivity contribution is 7.08. The molecule has 0 aliphatic heterocycles. The molecule has 2 nitrogen and oxygen atoms in total. The molecule has 0 saturated heterocycles. The third kappa shape index (κ3) is 5.12. The minimum Gasteiger partial charge on any atom is -0.319 e. The van der Waals surface area contributed by atoms with Crippen LogP contribution in [0.4, 0.5) is 0 Å². The van der Waals surface area contributed by atoms with Crippen molar-refractivity contribution in [3.63, 3.8) is 0 Å². The van der Waals surface area contributed by atoms with Crippen molar-refractivity contribution in [1.82, 2.24) is 0 Å². The highest BCUT2D eigenvalue weighted by atomic mass is 32.1. The first kappa shape index (κ1) is 17.5. The van der Waals surface area contributed by atoms with Crippen molar-refractivity contribution in [2.45, 2.75) is 39.3 Å². The van der Waals surface area contributed by atoms with E-state index in [9.17, 15) is 0 Å². The second-order valence-electron chi connectivity index (χ2n) is 7.29. The molecule has 6 heteroatoms. The summed E-state index contributed by atoms with van der Waals surface area (Å²) >= 11 is 3.44. The predicted molar refractivity (Wildman–Crippen MR) is 108 cm³/mol. The smallest absolute Gasteiger partial charge is 0.173 e. The van der Waals surface area contributed by atoms with Crippen LogP contribution in [-0.4, -0.2) is 27.9 Å². The van der Waals surface area contributed by atoms with Crippen LogP contribution in [0.5, 0.6) is 0 Å². The molecule has 2 aromatic heterocycles. The van der Waals surface area contributed by atoms with Gasteiger partial charge in [-0.3, -0.25) is 0 Å². The van der Waals surface area contributed by atoms with Gasteiger partial charge in [-0.2, -0.15) is 22.7 Å². The third-order valence-electron chi connectivity index (χ3n) is 2.71. The SMILES string of the molecule is C[Si](C)(C)N=C(C(=N[Si](C)(C)C)c1ccsc1)c1ccsc1. The van der Waals surface area contributed by atoms with Gasteiger partial charge >= 0.3 is 0 Å². The van der Waals surface area contributed by atoms with Gasteiger partial charge in [-0.1, -0.05) is 0 Å². The van der Waals surface area contributed by atoms with Gasteiger partial charge in [-0.25, -0.2) is 0 Å². The van der Waals surface area contributed by atoms with Gasteiger partial charge in [0.15, 0.2) is 16.5 Å². The van der Waals surface area contributed by atoms with Gasteiger partial charge in [0.1, 0.15) is 0 Å². The van der Waals surface area contributed by atoms with Gasteiger partial charge in [0.25, 0.3) is 0 Å². The molecule has 0 aliphatic rings. The Balaban J connectivity index is 2.65. The van der Waals surface area contributed by atoms with Crippen molar-refractivity contribution in [3.05, 3.63) is 44.8 Å². The summed E-state index contributed by atoms with van der Waals surface area (Å²) < 4.78 is 10.3. The standard InChI is InChI=1S/C16H24N2S2Si2/c1-21(2,3)17-15(13-7-9-19-11-13)16(18-22(4,5)6)14-8-10-20-12-14/h7-12H,1-6H3. The molecule has 2 rings (SSSR count). The lowest BCUT2D eigenvalue weighted by molar-refractivity contribution is 1.52. The molecule has 0 N–H and O–H groups in total. The molecule has 0 fully saturated rings. The summed E-state index contributed by atoms with van der Waals surface area (Å²) in [5.41, 5.74) is 4.58. The number of rotatable bonds is 5. The maximum absolute atomic E-state index is 5.15. The van der Waals surface area contributed by atoms with E-state index in [0.717, 1.165) is 11.4 Å². The van der Waals surface area contributed by atoms with Gasteiger partial charge in [0.05, 0.1) is 11.4 Å². The average molecular weight is 365 g/mol. The number of hydrogen-bond donors (Lipinski definition) is 0. The number of thiophene rings is 2. The zero-order valence-electron chi connectivity index (χ0n) is 14.2. The van der Waals surface area contributed by atoms with Crippen LogP contribution in [0.2, 0.25) is 39.3 Å². The highest BCUT2D eigenvalue weighted by Gasteiger charge is 2.23. The minimum atomic E-state index is -1.60. The quantitative estimate of drug-likeness (QED) is 0.476. The zero-order valence-corrected chi connectivity index (χ0v) is 17.8. The fourth-order valence-electron chi connectivity index (χ4n) is 1.98. The molecule has 22 heavy (non-hydrogen) atoms. The molecule has 0 radical (unpaired) electrons. The second kappa shape index (κ2) is 6.74. The monoisotopic (exact) mass is 364 g/mol. The van der Waals surface area contributed by atoms with Crippen molar-refractivity contribution in [2.24, 2.45) is 9.32 Å². The van der Waals surface area contributed by atoms with E-state index in [1.165, 1.54) is 11.1 Å². The van der Waals surface area contributed by atoms with Crippen LogP contribution in [0.15, 0.2) is 43.0 Å². The lowest BCUT2D eigenvalue weighted by Crippen LogP contribution is -2.29. The van der Waals surface area contributed by atoms with Crippen molar-refractivity contribution < 1.29 is 0 Å². The fourth-order valence-corrected chi connectivity index (χ4v) is 5.07. The van der Waals surface area contributed by atoms with Crippen molar-refractivity contribution in [1.29, 1.82) is 0 Å². The van der Waals surface area contributed by atoms with E-state index < -0.39 is 16.5 Å². The van der Waals surface area contributed by atoms with Crippen LogP contribution in [0.1, 0.15) is 11.1 Å². The Labute approximate surface area is 143 Å². The van der Waals surface area contributed by atoms with Crippen LogP contribution in [0.3, 0.4) is 0 Å². The molecule has 118 valence electrons. The largest absolute Gasteiger partial charge is 0.319 e. The topological polar surface area (TPSA) is 24.7 Å². The van der Waals surface area contributed by atoms with Gasteiger partial charge in [0.2, 0.25) is 0 Å². The van der Waals surface area contributed by atoms with Gasteiger partial charge < -0.3 is 9.32 Å². The van der Waals surface area contributed by atoms with Crippen LogP contribution in [0, 0.1) is 0 Å². The molecular formula is C16H24N2S2Si2. The Morgan fingerprint density at radius 2 is 1.09 bits per heavy atom. The van der Waals surface area contributed by atoms with Gasteiger partial charge in [-0.05, 0) is 62.2 Å². The summed E-state index contributed by atoms with van der Waals surface area (Å²) in [6.07, 6.45) is 0. The fraction of sp³-hybridized carbons (Fsp3) is 0.375. The lowest BCUT2D eigenvalue weighted by atomic mass is 10.1. The predicted octanol–water partition coefficient (Wildman–Crippen LogP) is 5.76. The molecule has 0 bridgehead atoms. The molecule has 0 aliphatic carbocycles. The first-order valence-electron chi connectivity index (χ1n) is 7.41. The first-order chi connectivity index (χ1) is 10.2. The average Bonchev–Trinajstić information content (AvgIpc) is 3.03. The van der Waals surface area contributed by atoms with E-state index in [2.05, 4.69) is 72.9 Å². The molecular weight excluding hydrogens is 340 g/mol. The Bertz CT molecular complexity index is 598. The lowest BCUT2D eigenvalue weighted by Gasteiger charge is -2.19. The normalized spacial score (nSPS) is 14.5. The van der Waals surface area contributed by atoms with Gasteiger partial charge in [0, 0.05) is 21.9 Å². The number of nitrogens with zero attached hydrogens (tertiary/aromatic N) is 2. The molecule has 2 heterocycles. The van der Waals surface area contributed by atoms with E-state index in [1.54, 1.807) is 22.7 Å². The zero-order chi connectivity index (χ0) is 16.4. The molecule has 0 amide bonds. The maximum Gasteiger partial charge on any atom is 0.173 e. The Hall–Kier alpha value is -0.826. The van der Waals surface area contributed by atoms with Crippen LogP contribution in [0.25, 0.3) is 0 Å². The summed E-state index contributed by atoms with van der Waals surface area (Å²) in [7, 11) is -3.19. The minimum absolute atomic E-state index is 1.08. The summed E-state index contributed by atoms with van der Waals surface area (Å²) in [5.74, 6) is 0. The Morgan fingerprint density at radius 1 is 0.727 bits per heavy atom. The molecule has 0 unspecified atom stereocenters. The van der Waals surface area contributed by atoms with Crippen molar-refractivity contribution in [3.8, 4) is 0 Å². The molecule has 2 aromatic rings. The maximum atomic E-state index is 5.15. The molecule has 0 atom stereocenters. The van der Waals surface area contributed by atoms with E-state index in [-0.39, 0.29) is 0 Å². The summed E-state index contributed by atoms with van der Waals surface area (Å²) in [5, 5.41) is 8.61. The number of hydrogen-bond acceptors (Lipinski definition) is 4. The Kier molecular flexibility index (Phi) is 5.37. The van der Waals surface area contributed by atoms with Gasteiger partial charge in [-0.15, -0.1) is 0 Å². The molecule has 0 spiro atoms. The molecule has 0 aromatic carbocycles. The summed E-state index contributed by atoms with van der Waals surface area (Å²) in [4.78, 5) is 0. The third-order valence-corrected chi connectivity index (χ3v) is 5.86. The highest BCUT2D eigenvalue weighted by Crippen LogP contribution is 2.19. The van der Waals surface area contributed by atoms with E-state index in [4.69, 9.17) is 9.32 Å². The second-order valence-corrected chi connectivity index (χ2v) is 18.0. The van der Waals surface area contributed by atoms with Crippen molar-refractivity contribution >= 4 is 50.6 Å². The van der Waals surface area contributed by atoms with Crippen LogP contribution in [-0.2, 0) is 0 Å².